The highest BCUT2D eigenvalue weighted by Crippen LogP contribution is 2.57. The van der Waals surface area contributed by atoms with E-state index in [1.54, 1.807) is 23.1 Å². The number of hydrogen-bond donors (Lipinski definition) is 0. The molecular weight excluding hydrogens is 535 g/mol. The van der Waals surface area contributed by atoms with E-state index in [1.165, 1.54) is 58.8 Å². The minimum atomic E-state index is -4.71. The normalized spacial score (nSPS) is 27.9. The van der Waals surface area contributed by atoms with Gasteiger partial charge in [0.1, 0.15) is 0 Å². The highest BCUT2D eigenvalue weighted by atomic mass is 19.4. The molecule has 5 aliphatic rings. The summed E-state index contributed by atoms with van der Waals surface area (Å²) < 4.78 is 53.8. The number of alkyl halides is 3. The van der Waals surface area contributed by atoms with Crippen molar-refractivity contribution in [1.82, 2.24) is 24.4 Å². The molecule has 218 valence electrons. The number of benzene rings is 1. The Morgan fingerprint density at radius 2 is 1.54 bits per heavy atom. The van der Waals surface area contributed by atoms with Crippen molar-refractivity contribution < 1.29 is 27.4 Å². The van der Waals surface area contributed by atoms with E-state index in [2.05, 4.69) is 15.0 Å². The Morgan fingerprint density at radius 3 is 2.12 bits per heavy atom. The van der Waals surface area contributed by atoms with Gasteiger partial charge in [0.05, 0.1) is 19.9 Å². The van der Waals surface area contributed by atoms with Gasteiger partial charge in [0.25, 0.3) is 5.91 Å². The lowest BCUT2D eigenvalue weighted by Crippen LogP contribution is -2.64. The molecule has 4 saturated carbocycles. The summed E-state index contributed by atoms with van der Waals surface area (Å²) in [5, 5.41) is 4.11. The van der Waals surface area contributed by atoms with E-state index in [0.29, 0.717) is 30.2 Å². The number of aromatic nitrogens is 3. The highest BCUT2D eigenvalue weighted by molar-refractivity contribution is 5.93. The average Bonchev–Trinajstić information content (AvgIpc) is 3.39. The van der Waals surface area contributed by atoms with E-state index >= 15 is 0 Å². The van der Waals surface area contributed by atoms with Crippen LogP contribution in [0.15, 0.2) is 30.3 Å². The van der Waals surface area contributed by atoms with Gasteiger partial charge in [-0.3, -0.25) is 9.69 Å². The van der Waals surface area contributed by atoms with Crippen LogP contribution in [0.5, 0.6) is 11.5 Å². The molecule has 11 heteroatoms. The van der Waals surface area contributed by atoms with Crippen LogP contribution in [-0.2, 0) is 6.18 Å². The van der Waals surface area contributed by atoms with Gasteiger partial charge in [0.2, 0.25) is 0 Å². The van der Waals surface area contributed by atoms with Crippen molar-refractivity contribution in [2.45, 2.75) is 50.2 Å². The summed E-state index contributed by atoms with van der Waals surface area (Å²) in [7, 11) is 2.94. The minimum absolute atomic E-state index is 0.0317. The van der Waals surface area contributed by atoms with Gasteiger partial charge >= 0.3 is 6.18 Å². The molecule has 4 aliphatic carbocycles. The Kier molecular flexibility index (Phi) is 6.22. The number of hydrogen-bond acceptors (Lipinski definition) is 6. The number of halogens is 3. The molecule has 3 heterocycles. The topological polar surface area (TPSA) is 72.2 Å². The molecule has 0 radical (unpaired) electrons. The first-order valence-corrected chi connectivity index (χ1v) is 14.4. The van der Waals surface area contributed by atoms with E-state index in [1.807, 2.05) is 0 Å². The largest absolute Gasteiger partial charge is 0.493 e. The number of nitrogens with zero attached hydrogens (tertiary/aromatic N) is 5. The molecule has 1 saturated heterocycles. The van der Waals surface area contributed by atoms with Crippen LogP contribution in [-0.4, -0.2) is 76.2 Å². The molecule has 5 fully saturated rings. The van der Waals surface area contributed by atoms with Crippen molar-refractivity contribution in [1.29, 1.82) is 0 Å². The fourth-order valence-corrected chi connectivity index (χ4v) is 8.42. The van der Waals surface area contributed by atoms with Crippen LogP contribution in [0.25, 0.3) is 16.9 Å². The molecule has 3 aromatic rings. The highest BCUT2D eigenvalue weighted by Gasteiger charge is 2.53. The van der Waals surface area contributed by atoms with Crippen LogP contribution >= 0.6 is 0 Å². The molecule has 41 heavy (non-hydrogen) atoms. The summed E-state index contributed by atoms with van der Waals surface area (Å²) in [6.45, 7) is 2.68. The quantitative estimate of drug-likeness (QED) is 0.423. The number of ether oxygens (including phenoxy) is 2. The van der Waals surface area contributed by atoms with Crippen molar-refractivity contribution in [3.63, 3.8) is 0 Å². The van der Waals surface area contributed by atoms with Crippen LogP contribution in [0.3, 0.4) is 0 Å². The van der Waals surface area contributed by atoms with Crippen LogP contribution in [0.4, 0.5) is 13.2 Å². The molecule has 4 bridgehead atoms. The van der Waals surface area contributed by atoms with Crippen LogP contribution in [0.2, 0.25) is 0 Å². The van der Waals surface area contributed by atoms with Crippen molar-refractivity contribution in [3.8, 4) is 22.8 Å². The number of methoxy groups -OCH3 is 2. The van der Waals surface area contributed by atoms with Gasteiger partial charge < -0.3 is 14.4 Å². The maximum absolute atomic E-state index is 14.2. The summed E-state index contributed by atoms with van der Waals surface area (Å²) in [6, 6.07) is 7.10. The molecule has 0 atom stereocenters. The molecule has 1 amide bonds. The predicted molar refractivity (Wildman–Crippen MR) is 145 cm³/mol. The number of carbonyl (C=O) groups is 1. The zero-order valence-corrected chi connectivity index (χ0v) is 23.3. The second-order valence-electron chi connectivity index (χ2n) is 12.3. The summed E-state index contributed by atoms with van der Waals surface area (Å²) in [4.78, 5) is 22.3. The number of carbonyl (C=O) groups excluding carboxylic acids is 1. The third-order valence-corrected chi connectivity index (χ3v) is 9.86. The Labute approximate surface area is 236 Å². The third-order valence-electron chi connectivity index (χ3n) is 9.86. The van der Waals surface area contributed by atoms with Crippen LogP contribution in [0.1, 0.15) is 54.7 Å². The van der Waals surface area contributed by atoms with E-state index in [-0.39, 0.29) is 28.5 Å². The van der Waals surface area contributed by atoms with E-state index < -0.39 is 11.9 Å². The van der Waals surface area contributed by atoms with E-state index in [9.17, 15) is 18.0 Å². The maximum atomic E-state index is 14.2. The Morgan fingerprint density at radius 1 is 0.902 bits per heavy atom. The van der Waals surface area contributed by atoms with Crippen molar-refractivity contribution in [3.05, 3.63) is 41.7 Å². The molecular formula is C30H34F3N5O3. The molecule has 0 N–H and O–H groups in total. The standard InChI is InChI=1S/C30H34F3N5O3/c1-40-24-4-3-21(12-25(24)41-2)22-13-26(30(31,32)33)38-27(34-22)14-23(35-38)28(39)36-5-7-37(8-6-36)29-15-18-9-19(16-29)11-20(10-18)17-29/h3-4,12-14,18-20H,5-11,15-17H2,1-2H3. The van der Waals surface area contributed by atoms with E-state index in [4.69, 9.17) is 9.47 Å². The molecule has 1 aromatic carbocycles. The van der Waals surface area contributed by atoms with Gasteiger partial charge in [0.15, 0.2) is 28.5 Å². The van der Waals surface area contributed by atoms with Crippen molar-refractivity contribution in [2.24, 2.45) is 17.8 Å². The monoisotopic (exact) mass is 569 g/mol. The zero-order valence-electron chi connectivity index (χ0n) is 23.3. The Hall–Kier alpha value is -3.34. The Balaban J connectivity index is 1.14. The number of piperazine rings is 1. The van der Waals surface area contributed by atoms with Gasteiger partial charge in [-0.05, 0) is 80.5 Å². The summed E-state index contributed by atoms with van der Waals surface area (Å²) in [6.07, 6.45) is 3.26. The summed E-state index contributed by atoms with van der Waals surface area (Å²) in [5.74, 6) is 3.00. The van der Waals surface area contributed by atoms with Gasteiger partial charge in [-0.1, -0.05) is 0 Å². The van der Waals surface area contributed by atoms with E-state index in [0.717, 1.165) is 41.4 Å². The average molecular weight is 570 g/mol. The zero-order chi connectivity index (χ0) is 28.5. The number of amides is 1. The smallest absolute Gasteiger partial charge is 0.433 e. The number of fused-ring (bicyclic) bond motifs is 1. The predicted octanol–water partition coefficient (Wildman–Crippen LogP) is 5.16. The lowest BCUT2D eigenvalue weighted by Gasteiger charge is -2.61. The summed E-state index contributed by atoms with van der Waals surface area (Å²) in [5.41, 5.74) is -0.285. The molecule has 1 aliphatic heterocycles. The maximum Gasteiger partial charge on any atom is 0.433 e. The SMILES string of the molecule is COc1ccc(-c2cc(C(F)(F)F)n3nc(C(=O)N4CCN(C56CC7CC(CC(C7)C5)C6)CC4)cc3n2)cc1OC. The summed E-state index contributed by atoms with van der Waals surface area (Å²) >= 11 is 0. The van der Waals surface area contributed by atoms with Crippen molar-refractivity contribution in [2.75, 3.05) is 40.4 Å². The second-order valence-corrected chi connectivity index (χ2v) is 12.3. The van der Waals surface area contributed by atoms with Gasteiger partial charge in [0, 0.05) is 43.3 Å². The third kappa shape index (κ3) is 4.52. The first-order valence-electron chi connectivity index (χ1n) is 14.4. The van der Waals surface area contributed by atoms with Gasteiger partial charge in [-0.2, -0.15) is 18.3 Å². The fourth-order valence-electron chi connectivity index (χ4n) is 8.42. The van der Waals surface area contributed by atoms with Gasteiger partial charge in [-0.25, -0.2) is 9.50 Å². The van der Waals surface area contributed by atoms with Gasteiger partial charge in [-0.15, -0.1) is 0 Å². The number of rotatable bonds is 5. The Bertz CT molecular complexity index is 1460. The lowest BCUT2D eigenvalue weighted by molar-refractivity contribution is -0.142. The molecule has 0 unspecified atom stereocenters. The first kappa shape index (κ1) is 26.6. The molecule has 8 nitrogen and oxygen atoms in total. The molecule has 0 spiro atoms. The fraction of sp³-hybridized carbons (Fsp3) is 0.567. The first-order chi connectivity index (χ1) is 19.7. The molecule has 8 rings (SSSR count). The minimum Gasteiger partial charge on any atom is -0.493 e. The van der Waals surface area contributed by atoms with Crippen LogP contribution < -0.4 is 9.47 Å². The van der Waals surface area contributed by atoms with Crippen molar-refractivity contribution >= 4 is 11.6 Å². The van der Waals surface area contributed by atoms with Crippen LogP contribution in [0, 0.1) is 17.8 Å². The second kappa shape index (κ2) is 9.61. The molecule has 2 aromatic heterocycles. The lowest BCUT2D eigenvalue weighted by atomic mass is 9.52.